The molecular formula is C13H16ClNO3. The predicted octanol–water partition coefficient (Wildman–Crippen LogP) is 2.58. The number of carbonyl (C=O) groups is 1. The Morgan fingerprint density at radius 3 is 2.83 bits per heavy atom. The van der Waals surface area contributed by atoms with Crippen LogP contribution >= 0.6 is 11.6 Å². The highest BCUT2D eigenvalue weighted by Crippen LogP contribution is 2.29. The van der Waals surface area contributed by atoms with Crippen LogP contribution in [0.3, 0.4) is 0 Å². The molecule has 0 amide bonds. The van der Waals surface area contributed by atoms with Gasteiger partial charge in [-0.1, -0.05) is 18.5 Å². The third-order valence-electron chi connectivity index (χ3n) is 2.99. The molecule has 1 saturated heterocycles. The molecule has 0 saturated carbocycles. The first-order valence-corrected chi connectivity index (χ1v) is 6.11. The van der Waals surface area contributed by atoms with Crippen LogP contribution < -0.4 is 5.32 Å². The molecule has 1 aliphatic heterocycles. The van der Waals surface area contributed by atoms with E-state index in [2.05, 4.69) is 17.0 Å². The zero-order valence-corrected chi connectivity index (χ0v) is 11.2. The first kappa shape index (κ1) is 13.2. The second-order valence-corrected chi connectivity index (χ2v) is 5.25. The molecule has 0 spiro atoms. The lowest BCUT2D eigenvalue weighted by atomic mass is 9.88. The monoisotopic (exact) mass is 269 g/mol. The molecule has 98 valence electrons. The lowest BCUT2D eigenvalue weighted by Crippen LogP contribution is -2.45. The van der Waals surface area contributed by atoms with Crippen LogP contribution in [0.5, 0.6) is 0 Å². The number of esters is 1. The fourth-order valence-corrected chi connectivity index (χ4v) is 1.95. The average Bonchev–Trinajstić information content (AvgIpc) is 2.34. The van der Waals surface area contributed by atoms with Gasteiger partial charge in [0.15, 0.2) is 0 Å². The van der Waals surface area contributed by atoms with Crippen molar-refractivity contribution in [2.24, 2.45) is 5.41 Å². The summed E-state index contributed by atoms with van der Waals surface area (Å²) in [7, 11) is 1.36. The van der Waals surface area contributed by atoms with Crippen molar-refractivity contribution in [3.8, 4) is 0 Å². The lowest BCUT2D eigenvalue weighted by Gasteiger charge is -2.38. The largest absolute Gasteiger partial charge is 0.465 e. The molecule has 0 bridgehead atoms. The highest BCUT2D eigenvalue weighted by atomic mass is 35.5. The van der Waals surface area contributed by atoms with Crippen molar-refractivity contribution in [3.63, 3.8) is 0 Å². The first-order chi connectivity index (χ1) is 8.54. The number of rotatable bonds is 4. The van der Waals surface area contributed by atoms with Crippen LogP contribution in [-0.4, -0.2) is 32.8 Å². The maximum atomic E-state index is 11.4. The quantitative estimate of drug-likeness (QED) is 0.854. The zero-order chi connectivity index (χ0) is 13.2. The fraction of sp³-hybridized carbons (Fsp3) is 0.462. The van der Waals surface area contributed by atoms with Crippen molar-refractivity contribution in [2.45, 2.75) is 6.92 Å². The number of methoxy groups -OCH3 is 1. The third kappa shape index (κ3) is 2.76. The summed E-state index contributed by atoms with van der Waals surface area (Å²) in [6.45, 7) is 4.39. The molecule has 1 heterocycles. The van der Waals surface area contributed by atoms with Crippen molar-refractivity contribution < 1.29 is 14.3 Å². The smallest absolute Gasteiger partial charge is 0.337 e. The Labute approximate surface area is 111 Å². The minimum absolute atomic E-state index is 0.143. The molecule has 0 aliphatic carbocycles. The number of anilines is 1. The Hall–Kier alpha value is -1.26. The topological polar surface area (TPSA) is 47.6 Å². The van der Waals surface area contributed by atoms with E-state index in [0.717, 1.165) is 25.4 Å². The highest BCUT2D eigenvalue weighted by molar-refractivity contribution is 6.33. The number of nitrogens with one attached hydrogen (secondary N) is 1. The minimum Gasteiger partial charge on any atom is -0.465 e. The van der Waals surface area contributed by atoms with Gasteiger partial charge in [-0.3, -0.25) is 0 Å². The van der Waals surface area contributed by atoms with Gasteiger partial charge < -0.3 is 14.8 Å². The zero-order valence-electron chi connectivity index (χ0n) is 10.5. The van der Waals surface area contributed by atoms with Crippen LogP contribution in [0.2, 0.25) is 5.02 Å². The molecular weight excluding hydrogens is 254 g/mol. The standard InChI is InChI=1S/C13H16ClNO3/c1-13(7-18-8-13)6-15-11-5-9(12(16)17-2)3-4-10(11)14/h3-5,15H,6-8H2,1-2H3. The van der Waals surface area contributed by atoms with E-state index in [1.54, 1.807) is 18.2 Å². The summed E-state index contributed by atoms with van der Waals surface area (Å²) < 4.78 is 9.87. The number of hydrogen-bond acceptors (Lipinski definition) is 4. The molecule has 1 N–H and O–H groups in total. The summed E-state index contributed by atoms with van der Waals surface area (Å²) in [6.07, 6.45) is 0. The van der Waals surface area contributed by atoms with E-state index < -0.39 is 0 Å². The normalized spacial score (nSPS) is 16.8. The van der Waals surface area contributed by atoms with Crippen LogP contribution in [0.1, 0.15) is 17.3 Å². The molecule has 0 radical (unpaired) electrons. The molecule has 1 fully saturated rings. The molecule has 2 rings (SSSR count). The first-order valence-electron chi connectivity index (χ1n) is 5.74. The Kier molecular flexibility index (Phi) is 3.78. The van der Waals surface area contributed by atoms with Gasteiger partial charge in [0.2, 0.25) is 0 Å². The molecule has 5 heteroatoms. The van der Waals surface area contributed by atoms with Crippen LogP contribution in [0.4, 0.5) is 5.69 Å². The summed E-state index contributed by atoms with van der Waals surface area (Å²) in [4.78, 5) is 11.4. The number of halogens is 1. The van der Waals surface area contributed by atoms with Gasteiger partial charge in [-0.05, 0) is 18.2 Å². The Morgan fingerprint density at radius 2 is 2.28 bits per heavy atom. The molecule has 0 atom stereocenters. The van der Waals surface area contributed by atoms with Crippen molar-refractivity contribution in [2.75, 3.05) is 32.2 Å². The van der Waals surface area contributed by atoms with Gasteiger partial charge >= 0.3 is 5.97 Å². The Morgan fingerprint density at radius 1 is 1.56 bits per heavy atom. The van der Waals surface area contributed by atoms with Crippen LogP contribution in [-0.2, 0) is 9.47 Å². The molecule has 0 unspecified atom stereocenters. The van der Waals surface area contributed by atoms with E-state index in [4.69, 9.17) is 16.3 Å². The summed E-state index contributed by atoms with van der Waals surface area (Å²) in [5, 5.41) is 3.84. The van der Waals surface area contributed by atoms with Crippen molar-refractivity contribution in [1.29, 1.82) is 0 Å². The average molecular weight is 270 g/mol. The predicted molar refractivity (Wildman–Crippen MR) is 70.2 cm³/mol. The van der Waals surface area contributed by atoms with Crippen LogP contribution in [0.15, 0.2) is 18.2 Å². The maximum absolute atomic E-state index is 11.4. The minimum atomic E-state index is -0.368. The van der Waals surface area contributed by atoms with Gasteiger partial charge in [0.25, 0.3) is 0 Å². The van der Waals surface area contributed by atoms with Gasteiger partial charge in [0.05, 0.1) is 36.6 Å². The van der Waals surface area contributed by atoms with Crippen LogP contribution in [0.25, 0.3) is 0 Å². The summed E-state index contributed by atoms with van der Waals surface area (Å²) >= 11 is 6.09. The van der Waals surface area contributed by atoms with Crippen molar-refractivity contribution >= 4 is 23.3 Å². The van der Waals surface area contributed by atoms with E-state index in [9.17, 15) is 4.79 Å². The van der Waals surface area contributed by atoms with Gasteiger partial charge in [-0.25, -0.2) is 4.79 Å². The van der Waals surface area contributed by atoms with Crippen LogP contribution in [0, 0.1) is 5.41 Å². The third-order valence-corrected chi connectivity index (χ3v) is 3.32. The molecule has 4 nitrogen and oxygen atoms in total. The molecule has 0 aromatic heterocycles. The summed E-state index contributed by atoms with van der Waals surface area (Å²) in [6, 6.07) is 5.04. The lowest BCUT2D eigenvalue weighted by molar-refractivity contribution is -0.0924. The van der Waals surface area contributed by atoms with Crippen molar-refractivity contribution in [1.82, 2.24) is 0 Å². The van der Waals surface area contributed by atoms with Gasteiger partial charge in [0.1, 0.15) is 0 Å². The number of hydrogen-bond donors (Lipinski definition) is 1. The number of carbonyl (C=O) groups excluding carboxylic acids is 1. The second kappa shape index (κ2) is 5.16. The number of ether oxygens (including phenoxy) is 2. The summed E-state index contributed by atoms with van der Waals surface area (Å²) in [5.74, 6) is -0.368. The van der Waals surface area contributed by atoms with Gasteiger partial charge in [-0.15, -0.1) is 0 Å². The molecule has 1 aromatic carbocycles. The second-order valence-electron chi connectivity index (χ2n) is 4.84. The van der Waals surface area contributed by atoms with E-state index >= 15 is 0 Å². The van der Waals surface area contributed by atoms with Crippen molar-refractivity contribution in [3.05, 3.63) is 28.8 Å². The molecule has 1 aliphatic rings. The Bertz CT molecular complexity index is 458. The SMILES string of the molecule is COC(=O)c1ccc(Cl)c(NCC2(C)COC2)c1. The fourth-order valence-electron chi connectivity index (χ4n) is 1.77. The van der Waals surface area contributed by atoms with E-state index in [0.29, 0.717) is 10.6 Å². The van der Waals surface area contributed by atoms with E-state index in [1.165, 1.54) is 7.11 Å². The summed E-state index contributed by atoms with van der Waals surface area (Å²) in [5.41, 5.74) is 1.37. The van der Waals surface area contributed by atoms with Gasteiger partial charge in [-0.2, -0.15) is 0 Å². The van der Waals surface area contributed by atoms with E-state index in [-0.39, 0.29) is 11.4 Å². The molecule has 1 aromatic rings. The Balaban J connectivity index is 2.08. The molecule has 18 heavy (non-hydrogen) atoms. The highest BCUT2D eigenvalue weighted by Gasteiger charge is 2.33. The van der Waals surface area contributed by atoms with E-state index in [1.807, 2.05) is 0 Å². The maximum Gasteiger partial charge on any atom is 0.337 e. The number of benzene rings is 1. The van der Waals surface area contributed by atoms with Gasteiger partial charge in [0, 0.05) is 12.0 Å².